The molecule has 0 aromatic heterocycles. The van der Waals surface area contributed by atoms with Gasteiger partial charge in [0.25, 0.3) is 0 Å². The second-order valence-electron chi connectivity index (χ2n) is 12.5. The van der Waals surface area contributed by atoms with Crippen molar-refractivity contribution in [2.24, 2.45) is 5.92 Å². The van der Waals surface area contributed by atoms with E-state index in [9.17, 15) is 0 Å². The molecule has 44 heavy (non-hydrogen) atoms. The first kappa shape index (κ1) is 32.4. The topological polar surface area (TPSA) is 0 Å². The number of rotatable bonds is 11. The molecule has 0 heterocycles. The lowest BCUT2D eigenvalue weighted by Gasteiger charge is -2.29. The van der Waals surface area contributed by atoms with E-state index in [2.05, 4.69) is 146 Å². The normalized spacial score (nSPS) is 16.7. The number of unbranched alkanes of at least 4 members (excludes halogenated alkanes) is 2. The molecule has 1 aliphatic rings. The molecule has 0 bridgehead atoms. The van der Waals surface area contributed by atoms with Crippen molar-refractivity contribution in [3.63, 3.8) is 0 Å². The van der Waals surface area contributed by atoms with Crippen LogP contribution in [0.1, 0.15) is 75.3 Å². The number of hydrogen-bond acceptors (Lipinski definition) is 0. The summed E-state index contributed by atoms with van der Waals surface area (Å²) in [4.78, 5) is 0. The minimum absolute atomic E-state index is 0. The number of benzene rings is 5. The van der Waals surface area contributed by atoms with Gasteiger partial charge in [-0.2, -0.15) is 0 Å². The van der Waals surface area contributed by atoms with Crippen LogP contribution in [0.3, 0.4) is 0 Å². The van der Waals surface area contributed by atoms with Crippen LogP contribution in [0.5, 0.6) is 0 Å². The maximum Gasteiger partial charge on any atom is 0.116 e. The van der Waals surface area contributed by atoms with Gasteiger partial charge in [0.05, 0.1) is 6.16 Å². The number of hydrogen-bond donors (Lipinski definition) is 0. The SMILES string of the molecule is CCCCC[C@H]1CC[C@H](c2ccc(-c3ccc(C[P+](c4ccccc4)(c4ccccc4)c4ccccc4)cc3)cc2)CC1.[Br-]. The van der Waals surface area contributed by atoms with Gasteiger partial charge in [-0.1, -0.05) is 136 Å². The fourth-order valence-corrected chi connectivity index (χ4v) is 11.5. The van der Waals surface area contributed by atoms with Gasteiger partial charge in [-0.3, -0.25) is 0 Å². The van der Waals surface area contributed by atoms with Gasteiger partial charge in [-0.15, -0.1) is 0 Å². The van der Waals surface area contributed by atoms with Crippen LogP contribution in [-0.4, -0.2) is 0 Å². The molecule has 1 saturated carbocycles. The highest BCUT2D eigenvalue weighted by molar-refractivity contribution is 7.95. The molecule has 5 aromatic carbocycles. The Balaban J connectivity index is 0.00000384. The van der Waals surface area contributed by atoms with Gasteiger partial charge in [-0.05, 0) is 96.2 Å². The van der Waals surface area contributed by atoms with Gasteiger partial charge >= 0.3 is 0 Å². The molecule has 1 aliphatic carbocycles. The minimum Gasteiger partial charge on any atom is -1.00 e. The molecular weight excluding hydrogens is 615 g/mol. The third-order valence-corrected chi connectivity index (χ3v) is 14.1. The zero-order valence-electron chi connectivity index (χ0n) is 26.1. The molecule has 1 fully saturated rings. The summed E-state index contributed by atoms with van der Waals surface area (Å²) in [5.41, 5.74) is 5.55. The Morgan fingerprint density at radius 2 is 0.977 bits per heavy atom. The third kappa shape index (κ3) is 7.44. The summed E-state index contributed by atoms with van der Waals surface area (Å²) in [6.45, 7) is 2.31. The van der Waals surface area contributed by atoms with Crippen LogP contribution < -0.4 is 32.9 Å². The van der Waals surface area contributed by atoms with Gasteiger partial charge in [0.15, 0.2) is 0 Å². The van der Waals surface area contributed by atoms with Crippen LogP contribution >= 0.6 is 7.26 Å². The van der Waals surface area contributed by atoms with Gasteiger partial charge in [0.1, 0.15) is 23.2 Å². The largest absolute Gasteiger partial charge is 1.00 e. The third-order valence-electron chi connectivity index (χ3n) is 9.74. The Labute approximate surface area is 277 Å². The van der Waals surface area contributed by atoms with Crippen molar-refractivity contribution < 1.29 is 17.0 Å². The fraction of sp³-hybridized carbons (Fsp3) is 0.286. The average molecular weight is 662 g/mol. The molecule has 0 radical (unpaired) electrons. The van der Waals surface area contributed by atoms with E-state index in [0.29, 0.717) is 0 Å². The van der Waals surface area contributed by atoms with Gasteiger partial charge < -0.3 is 17.0 Å². The smallest absolute Gasteiger partial charge is 0.116 e. The van der Waals surface area contributed by atoms with Crippen LogP contribution in [0.2, 0.25) is 0 Å². The van der Waals surface area contributed by atoms with Crippen molar-refractivity contribution in [2.45, 2.75) is 70.4 Å². The van der Waals surface area contributed by atoms with E-state index >= 15 is 0 Å². The summed E-state index contributed by atoms with van der Waals surface area (Å²) < 4.78 is 0. The van der Waals surface area contributed by atoms with E-state index in [1.807, 2.05) is 0 Å². The maximum absolute atomic E-state index is 2.40. The molecule has 0 unspecified atom stereocenters. The second kappa shape index (κ2) is 15.8. The van der Waals surface area contributed by atoms with Crippen molar-refractivity contribution in [1.82, 2.24) is 0 Å². The molecule has 226 valence electrons. The Morgan fingerprint density at radius 3 is 1.43 bits per heavy atom. The first-order chi connectivity index (χ1) is 21.3. The first-order valence-electron chi connectivity index (χ1n) is 16.5. The Bertz CT molecular complexity index is 1420. The molecule has 5 aromatic rings. The molecule has 0 amide bonds. The van der Waals surface area contributed by atoms with Crippen molar-refractivity contribution in [3.8, 4) is 11.1 Å². The van der Waals surface area contributed by atoms with Gasteiger partial charge in [-0.25, -0.2) is 0 Å². The highest BCUT2D eigenvalue weighted by Crippen LogP contribution is 2.58. The zero-order valence-corrected chi connectivity index (χ0v) is 28.6. The van der Waals surface area contributed by atoms with Crippen LogP contribution in [0.25, 0.3) is 11.1 Å². The lowest BCUT2D eigenvalue weighted by atomic mass is 9.77. The van der Waals surface area contributed by atoms with Crippen molar-refractivity contribution in [1.29, 1.82) is 0 Å². The summed E-state index contributed by atoms with van der Waals surface area (Å²) in [6, 6.07) is 52.5. The molecular formula is C42H46BrP. The lowest BCUT2D eigenvalue weighted by molar-refractivity contribution is -0.00000854. The molecule has 0 saturated heterocycles. The Hall–Kier alpha value is -2.99. The predicted octanol–water partition coefficient (Wildman–Crippen LogP) is 7.71. The molecule has 0 spiro atoms. The van der Waals surface area contributed by atoms with Crippen LogP contribution in [0.4, 0.5) is 0 Å². The van der Waals surface area contributed by atoms with Gasteiger partial charge in [0, 0.05) is 0 Å². The van der Waals surface area contributed by atoms with E-state index in [-0.39, 0.29) is 17.0 Å². The van der Waals surface area contributed by atoms with Crippen molar-refractivity contribution >= 4 is 23.2 Å². The Kier molecular flexibility index (Phi) is 11.7. The standard InChI is InChI=1S/C42H46P.BrH/c1-2-3-7-14-34-21-25-36(26-22-34)38-29-31-39(32-30-38)37-27-23-35(24-28-37)33-43(40-15-8-4-9-16-40,41-17-10-5-11-18-41)42-19-12-6-13-20-42;/h4-6,8-13,15-20,23-24,27-32,34,36H,2-3,7,14,21-22,25-26,33H2,1H3;1H/q+1;/p-1/t34-,36-;. The summed E-state index contributed by atoms with van der Waals surface area (Å²) >= 11 is 0. The molecule has 2 heteroatoms. The van der Waals surface area contributed by atoms with Gasteiger partial charge in [0.2, 0.25) is 0 Å². The maximum atomic E-state index is 2.40. The molecule has 6 rings (SSSR count). The fourth-order valence-electron chi connectivity index (χ4n) is 7.26. The first-order valence-corrected chi connectivity index (χ1v) is 18.5. The predicted molar refractivity (Wildman–Crippen MR) is 190 cm³/mol. The minimum atomic E-state index is -1.90. The van der Waals surface area contributed by atoms with E-state index in [4.69, 9.17) is 0 Å². The van der Waals surface area contributed by atoms with E-state index in [1.165, 1.54) is 89.5 Å². The van der Waals surface area contributed by atoms with Crippen LogP contribution in [-0.2, 0) is 6.16 Å². The van der Waals surface area contributed by atoms with E-state index < -0.39 is 7.26 Å². The highest BCUT2D eigenvalue weighted by Gasteiger charge is 2.45. The summed E-state index contributed by atoms with van der Waals surface area (Å²) in [5, 5.41) is 4.30. The summed E-state index contributed by atoms with van der Waals surface area (Å²) in [5.74, 6) is 1.71. The number of halogens is 1. The van der Waals surface area contributed by atoms with Crippen LogP contribution in [0.15, 0.2) is 140 Å². The van der Waals surface area contributed by atoms with Crippen molar-refractivity contribution in [3.05, 3.63) is 151 Å². The molecule has 0 N–H and O–H groups in total. The summed E-state index contributed by atoms with van der Waals surface area (Å²) in [7, 11) is -1.90. The molecule has 0 nitrogen and oxygen atoms in total. The monoisotopic (exact) mass is 660 g/mol. The Morgan fingerprint density at radius 1 is 0.523 bits per heavy atom. The molecule has 0 atom stereocenters. The summed E-state index contributed by atoms with van der Waals surface area (Å²) in [6.07, 6.45) is 12.2. The quantitative estimate of drug-likeness (QED) is 0.101. The van der Waals surface area contributed by atoms with Crippen LogP contribution in [0, 0.1) is 5.92 Å². The second-order valence-corrected chi connectivity index (χ2v) is 16.0. The van der Waals surface area contributed by atoms with E-state index in [0.717, 1.165) is 18.0 Å². The van der Waals surface area contributed by atoms with Crippen molar-refractivity contribution in [2.75, 3.05) is 0 Å². The zero-order chi connectivity index (χ0) is 29.3. The molecule has 0 aliphatic heterocycles. The average Bonchev–Trinajstić information content (AvgIpc) is 3.09. The highest BCUT2D eigenvalue weighted by atomic mass is 79.9. The lowest BCUT2D eigenvalue weighted by Crippen LogP contribution is -3.00. The van der Waals surface area contributed by atoms with E-state index in [1.54, 1.807) is 0 Å².